The molecular weight excluding hydrogens is 248 g/mol. The van der Waals surface area contributed by atoms with Gasteiger partial charge in [-0.2, -0.15) is 0 Å². The first-order chi connectivity index (χ1) is 9.72. The van der Waals surface area contributed by atoms with Gasteiger partial charge < -0.3 is 10.6 Å². The molecule has 1 heterocycles. The second-order valence-corrected chi connectivity index (χ2v) is 6.43. The molecule has 1 aliphatic heterocycles. The fourth-order valence-corrected chi connectivity index (χ4v) is 3.36. The van der Waals surface area contributed by atoms with E-state index in [2.05, 4.69) is 23.6 Å². The van der Waals surface area contributed by atoms with Crippen LogP contribution >= 0.6 is 0 Å². The third-order valence-electron chi connectivity index (χ3n) is 4.79. The Kier molecular flexibility index (Phi) is 3.95. The summed E-state index contributed by atoms with van der Waals surface area (Å²) in [7, 11) is 0. The first-order valence-corrected chi connectivity index (χ1v) is 7.84. The van der Waals surface area contributed by atoms with E-state index < -0.39 is 0 Å². The van der Waals surface area contributed by atoms with Gasteiger partial charge in [-0.05, 0) is 36.3 Å². The molecule has 1 saturated carbocycles. The maximum atomic E-state index is 12.2. The topological polar surface area (TPSA) is 41.1 Å². The van der Waals surface area contributed by atoms with E-state index in [9.17, 15) is 4.79 Å². The monoisotopic (exact) mass is 272 g/mol. The van der Waals surface area contributed by atoms with Crippen LogP contribution in [0.15, 0.2) is 24.3 Å². The fourth-order valence-electron chi connectivity index (χ4n) is 3.36. The summed E-state index contributed by atoms with van der Waals surface area (Å²) in [5.74, 6) is 1.70. The summed E-state index contributed by atoms with van der Waals surface area (Å²) >= 11 is 0. The molecule has 1 fully saturated rings. The zero-order valence-electron chi connectivity index (χ0n) is 12.2. The van der Waals surface area contributed by atoms with Crippen LogP contribution in [0.2, 0.25) is 0 Å². The van der Waals surface area contributed by atoms with Crippen LogP contribution in [0.25, 0.3) is 0 Å². The molecule has 2 N–H and O–H groups in total. The number of hydrogen-bond donors (Lipinski definition) is 2. The number of benzene rings is 1. The summed E-state index contributed by atoms with van der Waals surface area (Å²) in [6, 6.07) is 8.10. The number of fused-ring (bicyclic) bond motifs is 1. The van der Waals surface area contributed by atoms with Crippen molar-refractivity contribution in [2.45, 2.75) is 45.1 Å². The van der Waals surface area contributed by atoms with Gasteiger partial charge in [0.2, 0.25) is 5.91 Å². The smallest absolute Gasteiger partial charge is 0.242 e. The lowest BCUT2D eigenvalue weighted by molar-refractivity contribution is -0.121. The van der Waals surface area contributed by atoms with Crippen molar-refractivity contribution in [1.29, 1.82) is 0 Å². The molecule has 1 unspecified atom stereocenters. The summed E-state index contributed by atoms with van der Waals surface area (Å²) in [6.45, 7) is 3.18. The van der Waals surface area contributed by atoms with E-state index in [-0.39, 0.29) is 11.9 Å². The minimum Gasteiger partial charge on any atom is -0.373 e. The molecule has 0 radical (unpaired) electrons. The van der Waals surface area contributed by atoms with E-state index in [4.69, 9.17) is 0 Å². The van der Waals surface area contributed by atoms with Crippen LogP contribution in [0.5, 0.6) is 0 Å². The molecule has 1 aliphatic carbocycles. The standard InChI is InChI=1S/C17H24N2O/c1-12-6-8-13(9-7-12)11-18-17(20)16-10-14-4-2-3-5-15(14)19-16/h2-5,12-13,16,19H,6-11H2,1H3,(H,18,20). The number of amides is 1. The van der Waals surface area contributed by atoms with Crippen LogP contribution in [0.4, 0.5) is 5.69 Å². The van der Waals surface area contributed by atoms with Crippen molar-refractivity contribution in [3.05, 3.63) is 29.8 Å². The average molecular weight is 272 g/mol. The maximum Gasteiger partial charge on any atom is 0.242 e. The van der Waals surface area contributed by atoms with Gasteiger partial charge in [-0.25, -0.2) is 0 Å². The van der Waals surface area contributed by atoms with Crippen LogP contribution in [0.3, 0.4) is 0 Å². The first kappa shape index (κ1) is 13.5. The van der Waals surface area contributed by atoms with Crippen molar-refractivity contribution < 1.29 is 4.79 Å². The van der Waals surface area contributed by atoms with E-state index in [1.54, 1.807) is 0 Å². The normalized spacial score (nSPS) is 28.6. The molecular formula is C17H24N2O. The third kappa shape index (κ3) is 2.97. The number of carbonyl (C=O) groups excluding carboxylic acids is 1. The Bertz CT molecular complexity index is 453. The summed E-state index contributed by atoms with van der Waals surface area (Å²) in [5.41, 5.74) is 2.36. The molecule has 3 heteroatoms. The summed E-state index contributed by atoms with van der Waals surface area (Å²) < 4.78 is 0. The highest BCUT2D eigenvalue weighted by Crippen LogP contribution is 2.28. The third-order valence-corrected chi connectivity index (χ3v) is 4.79. The number of para-hydroxylation sites is 1. The molecule has 0 aromatic heterocycles. The molecule has 1 atom stereocenters. The largest absolute Gasteiger partial charge is 0.373 e. The summed E-state index contributed by atoms with van der Waals surface area (Å²) in [6.07, 6.45) is 5.96. The minimum absolute atomic E-state index is 0.0880. The van der Waals surface area contributed by atoms with Gasteiger partial charge in [0.15, 0.2) is 0 Å². The molecule has 108 valence electrons. The number of nitrogens with one attached hydrogen (secondary N) is 2. The zero-order valence-corrected chi connectivity index (χ0v) is 12.2. The minimum atomic E-state index is -0.0880. The predicted molar refractivity (Wildman–Crippen MR) is 81.7 cm³/mol. The van der Waals surface area contributed by atoms with Crippen molar-refractivity contribution in [2.75, 3.05) is 11.9 Å². The Morgan fingerprint density at radius 2 is 2.00 bits per heavy atom. The molecule has 1 amide bonds. The van der Waals surface area contributed by atoms with E-state index in [1.165, 1.54) is 31.2 Å². The second kappa shape index (κ2) is 5.86. The molecule has 1 aromatic carbocycles. The zero-order chi connectivity index (χ0) is 13.9. The van der Waals surface area contributed by atoms with Crippen molar-refractivity contribution in [3.8, 4) is 0 Å². The van der Waals surface area contributed by atoms with Gasteiger partial charge in [0.25, 0.3) is 0 Å². The molecule has 0 spiro atoms. The quantitative estimate of drug-likeness (QED) is 0.888. The van der Waals surface area contributed by atoms with Crippen molar-refractivity contribution in [2.24, 2.45) is 11.8 Å². The SMILES string of the molecule is CC1CCC(CNC(=O)C2Cc3ccccc3N2)CC1. The van der Waals surface area contributed by atoms with E-state index in [0.29, 0.717) is 5.92 Å². The lowest BCUT2D eigenvalue weighted by Gasteiger charge is -2.26. The fraction of sp³-hybridized carbons (Fsp3) is 0.588. The predicted octanol–water partition coefficient (Wildman–Crippen LogP) is 2.97. The number of carbonyl (C=O) groups is 1. The highest BCUT2D eigenvalue weighted by atomic mass is 16.2. The molecule has 0 saturated heterocycles. The Morgan fingerprint density at radius 3 is 2.75 bits per heavy atom. The summed E-state index contributed by atoms with van der Waals surface area (Å²) in [4.78, 5) is 12.2. The Hall–Kier alpha value is -1.51. The van der Waals surface area contributed by atoms with Gasteiger partial charge in [0, 0.05) is 18.7 Å². The maximum absolute atomic E-state index is 12.2. The average Bonchev–Trinajstić information content (AvgIpc) is 2.90. The Morgan fingerprint density at radius 1 is 1.25 bits per heavy atom. The highest BCUT2D eigenvalue weighted by Gasteiger charge is 2.27. The molecule has 20 heavy (non-hydrogen) atoms. The van der Waals surface area contributed by atoms with Crippen molar-refractivity contribution in [3.63, 3.8) is 0 Å². The van der Waals surface area contributed by atoms with E-state index in [1.807, 2.05) is 18.2 Å². The number of rotatable bonds is 3. The van der Waals surface area contributed by atoms with Crippen LogP contribution in [0.1, 0.15) is 38.2 Å². The van der Waals surface area contributed by atoms with Gasteiger partial charge in [-0.1, -0.05) is 38.0 Å². The lowest BCUT2D eigenvalue weighted by Crippen LogP contribution is -2.41. The van der Waals surface area contributed by atoms with Gasteiger partial charge in [0.1, 0.15) is 6.04 Å². The Balaban J connectivity index is 1.47. The van der Waals surface area contributed by atoms with Crippen molar-refractivity contribution >= 4 is 11.6 Å². The van der Waals surface area contributed by atoms with Crippen LogP contribution in [-0.2, 0) is 11.2 Å². The molecule has 0 bridgehead atoms. The first-order valence-electron chi connectivity index (χ1n) is 7.84. The highest BCUT2D eigenvalue weighted by molar-refractivity contribution is 5.87. The van der Waals surface area contributed by atoms with Crippen LogP contribution < -0.4 is 10.6 Å². The lowest BCUT2D eigenvalue weighted by atomic mass is 9.83. The molecule has 1 aromatic rings. The van der Waals surface area contributed by atoms with E-state index in [0.717, 1.165) is 24.6 Å². The van der Waals surface area contributed by atoms with Crippen LogP contribution in [0, 0.1) is 11.8 Å². The number of hydrogen-bond acceptors (Lipinski definition) is 2. The number of anilines is 1. The van der Waals surface area contributed by atoms with E-state index >= 15 is 0 Å². The van der Waals surface area contributed by atoms with Gasteiger partial charge >= 0.3 is 0 Å². The molecule has 3 rings (SSSR count). The molecule has 2 aliphatic rings. The van der Waals surface area contributed by atoms with Crippen molar-refractivity contribution in [1.82, 2.24) is 5.32 Å². The second-order valence-electron chi connectivity index (χ2n) is 6.43. The van der Waals surface area contributed by atoms with Gasteiger partial charge in [-0.3, -0.25) is 4.79 Å². The summed E-state index contributed by atoms with van der Waals surface area (Å²) in [5, 5.41) is 6.46. The van der Waals surface area contributed by atoms with Gasteiger partial charge in [-0.15, -0.1) is 0 Å². The Labute approximate surface area is 121 Å². The van der Waals surface area contributed by atoms with Crippen LogP contribution in [-0.4, -0.2) is 18.5 Å². The van der Waals surface area contributed by atoms with Gasteiger partial charge in [0.05, 0.1) is 0 Å². The molecule has 3 nitrogen and oxygen atoms in total.